The van der Waals surface area contributed by atoms with E-state index in [0.717, 1.165) is 5.56 Å². The fraction of sp³-hybridized carbons (Fsp3) is 0.167. The fourth-order valence-electron chi connectivity index (χ4n) is 2.12. The van der Waals surface area contributed by atoms with E-state index in [0.29, 0.717) is 22.5 Å². The van der Waals surface area contributed by atoms with Crippen LogP contribution in [0.3, 0.4) is 0 Å². The van der Waals surface area contributed by atoms with E-state index in [1.54, 1.807) is 24.3 Å². The second kappa shape index (κ2) is 8.18. The zero-order valence-electron chi connectivity index (χ0n) is 13.7. The molecule has 0 aliphatic heterocycles. The fourth-order valence-corrected chi connectivity index (χ4v) is 2.34. The average Bonchev–Trinajstić information content (AvgIpc) is 2.60. The lowest BCUT2D eigenvalue weighted by atomic mass is 10.1. The number of nitrogens with one attached hydrogen (secondary N) is 2. The van der Waals surface area contributed by atoms with Gasteiger partial charge in [0.2, 0.25) is 5.91 Å². The van der Waals surface area contributed by atoms with Gasteiger partial charge in [-0.1, -0.05) is 17.7 Å². The molecule has 2 aromatic carbocycles. The normalized spacial score (nSPS) is 9.84. The number of hydrogen-bond acceptors (Lipinski definition) is 5. The first-order valence-electron chi connectivity index (χ1n) is 7.37. The van der Waals surface area contributed by atoms with Crippen molar-refractivity contribution in [1.82, 2.24) is 0 Å². The third-order valence-corrected chi connectivity index (χ3v) is 3.78. The lowest BCUT2D eigenvalue weighted by Crippen LogP contribution is -2.22. The highest BCUT2D eigenvalue weighted by atomic mass is 35.5. The molecule has 0 radical (unpaired) electrons. The van der Waals surface area contributed by atoms with Gasteiger partial charge < -0.3 is 15.4 Å². The molecule has 0 aliphatic carbocycles. The number of carbonyl (C=O) groups excluding carboxylic acids is 2. The summed E-state index contributed by atoms with van der Waals surface area (Å²) in [5.74, 6) is -0.733. The van der Waals surface area contributed by atoms with Crippen LogP contribution in [0.15, 0.2) is 36.4 Å². The number of esters is 1. The van der Waals surface area contributed by atoms with Crippen LogP contribution in [0.25, 0.3) is 0 Å². The molecule has 6 nitrogen and oxygen atoms in total. The number of carbonyl (C=O) groups is 2. The summed E-state index contributed by atoms with van der Waals surface area (Å²) in [7, 11) is 1.31. The molecule has 0 aliphatic rings. The van der Waals surface area contributed by atoms with Crippen molar-refractivity contribution in [2.75, 3.05) is 24.3 Å². The number of benzene rings is 2. The van der Waals surface area contributed by atoms with Gasteiger partial charge in [0, 0.05) is 11.4 Å². The van der Waals surface area contributed by atoms with Gasteiger partial charge in [-0.15, -0.1) is 0 Å². The van der Waals surface area contributed by atoms with E-state index in [-0.39, 0.29) is 17.5 Å². The van der Waals surface area contributed by atoms with Crippen LogP contribution in [0.2, 0.25) is 5.02 Å². The standard InChI is InChI=1S/C18H16ClN3O3/c1-11-3-4-12(18(24)25-2)7-16(11)21-10-17(23)22-14-6-5-13(9-20)15(19)8-14/h3-8,21H,10H2,1-2H3,(H,22,23). The highest BCUT2D eigenvalue weighted by molar-refractivity contribution is 6.32. The molecule has 2 aromatic rings. The molecular formula is C18H16ClN3O3. The van der Waals surface area contributed by atoms with Gasteiger partial charge in [0.05, 0.1) is 29.8 Å². The Morgan fingerprint density at radius 3 is 2.64 bits per heavy atom. The monoisotopic (exact) mass is 357 g/mol. The summed E-state index contributed by atoms with van der Waals surface area (Å²) < 4.78 is 4.68. The van der Waals surface area contributed by atoms with Gasteiger partial charge in [-0.3, -0.25) is 4.79 Å². The quantitative estimate of drug-likeness (QED) is 0.800. The number of amides is 1. The zero-order chi connectivity index (χ0) is 18.4. The molecular weight excluding hydrogens is 342 g/mol. The number of nitrogens with zero attached hydrogens (tertiary/aromatic N) is 1. The lowest BCUT2D eigenvalue weighted by Gasteiger charge is -2.11. The summed E-state index contributed by atoms with van der Waals surface area (Å²) in [4.78, 5) is 23.6. The number of halogens is 1. The van der Waals surface area contributed by atoms with Crippen molar-refractivity contribution in [3.05, 3.63) is 58.1 Å². The number of ether oxygens (including phenoxy) is 1. The summed E-state index contributed by atoms with van der Waals surface area (Å²) in [6.07, 6.45) is 0. The Morgan fingerprint density at radius 1 is 1.24 bits per heavy atom. The smallest absolute Gasteiger partial charge is 0.337 e. The molecule has 0 atom stereocenters. The maximum absolute atomic E-state index is 12.1. The molecule has 0 spiro atoms. The minimum atomic E-state index is -0.445. The Hall–Kier alpha value is -3.04. The van der Waals surface area contributed by atoms with Gasteiger partial charge in [-0.05, 0) is 42.8 Å². The number of anilines is 2. The van der Waals surface area contributed by atoms with Gasteiger partial charge >= 0.3 is 5.97 Å². The van der Waals surface area contributed by atoms with Crippen molar-refractivity contribution in [2.24, 2.45) is 0 Å². The number of nitriles is 1. The predicted molar refractivity (Wildman–Crippen MR) is 95.8 cm³/mol. The molecule has 0 saturated carbocycles. The summed E-state index contributed by atoms with van der Waals surface area (Å²) in [6, 6.07) is 11.7. The molecule has 0 fully saturated rings. The minimum Gasteiger partial charge on any atom is -0.465 e. The van der Waals surface area contributed by atoms with Crippen LogP contribution in [0.1, 0.15) is 21.5 Å². The van der Waals surface area contributed by atoms with Crippen LogP contribution < -0.4 is 10.6 Å². The second-order valence-corrected chi connectivity index (χ2v) is 5.64. The summed E-state index contributed by atoms with van der Waals surface area (Å²) in [5, 5.41) is 14.8. The largest absolute Gasteiger partial charge is 0.465 e. The Labute approximate surface area is 150 Å². The van der Waals surface area contributed by atoms with Crippen molar-refractivity contribution in [2.45, 2.75) is 6.92 Å². The summed E-state index contributed by atoms with van der Waals surface area (Å²) in [5.41, 5.74) is 2.79. The van der Waals surface area contributed by atoms with Gasteiger partial charge in [-0.2, -0.15) is 5.26 Å². The first-order valence-corrected chi connectivity index (χ1v) is 7.74. The van der Waals surface area contributed by atoms with E-state index in [4.69, 9.17) is 16.9 Å². The predicted octanol–water partition coefficient (Wildman–Crippen LogP) is 3.36. The number of hydrogen-bond donors (Lipinski definition) is 2. The van der Waals surface area contributed by atoms with Crippen molar-refractivity contribution in [3.8, 4) is 6.07 Å². The average molecular weight is 358 g/mol. The van der Waals surface area contributed by atoms with Crippen LogP contribution in [-0.2, 0) is 9.53 Å². The topological polar surface area (TPSA) is 91.2 Å². The molecule has 0 heterocycles. The second-order valence-electron chi connectivity index (χ2n) is 5.23. The van der Waals surface area contributed by atoms with Crippen LogP contribution in [0.4, 0.5) is 11.4 Å². The third-order valence-electron chi connectivity index (χ3n) is 3.47. The molecule has 1 amide bonds. The molecule has 7 heteroatoms. The summed E-state index contributed by atoms with van der Waals surface area (Å²) >= 11 is 5.93. The Kier molecular flexibility index (Phi) is 5.98. The van der Waals surface area contributed by atoms with E-state index < -0.39 is 5.97 Å². The number of aryl methyl sites for hydroxylation is 1. The Bertz CT molecular complexity index is 859. The highest BCUT2D eigenvalue weighted by Gasteiger charge is 2.10. The maximum atomic E-state index is 12.1. The molecule has 0 saturated heterocycles. The van der Waals surface area contributed by atoms with Crippen LogP contribution in [-0.4, -0.2) is 25.5 Å². The van der Waals surface area contributed by atoms with Crippen molar-refractivity contribution in [3.63, 3.8) is 0 Å². The van der Waals surface area contributed by atoms with Crippen molar-refractivity contribution < 1.29 is 14.3 Å². The van der Waals surface area contributed by atoms with E-state index >= 15 is 0 Å². The molecule has 2 N–H and O–H groups in total. The zero-order valence-corrected chi connectivity index (χ0v) is 14.5. The van der Waals surface area contributed by atoms with E-state index in [1.165, 1.54) is 19.2 Å². The van der Waals surface area contributed by atoms with Crippen LogP contribution in [0.5, 0.6) is 0 Å². The first kappa shape index (κ1) is 18.3. The first-order chi connectivity index (χ1) is 11.9. The van der Waals surface area contributed by atoms with Gasteiger partial charge in [-0.25, -0.2) is 4.79 Å². The third kappa shape index (κ3) is 4.72. The molecule has 25 heavy (non-hydrogen) atoms. The lowest BCUT2D eigenvalue weighted by molar-refractivity contribution is -0.114. The maximum Gasteiger partial charge on any atom is 0.337 e. The number of rotatable bonds is 5. The van der Waals surface area contributed by atoms with E-state index in [9.17, 15) is 9.59 Å². The van der Waals surface area contributed by atoms with Crippen LogP contribution in [0, 0.1) is 18.3 Å². The summed E-state index contributed by atoms with van der Waals surface area (Å²) in [6.45, 7) is 1.87. The van der Waals surface area contributed by atoms with Gasteiger partial charge in [0.1, 0.15) is 6.07 Å². The SMILES string of the molecule is COC(=O)c1ccc(C)c(NCC(=O)Nc2ccc(C#N)c(Cl)c2)c1. The molecule has 0 aromatic heterocycles. The van der Waals surface area contributed by atoms with Crippen molar-refractivity contribution >= 4 is 34.9 Å². The molecule has 2 rings (SSSR count). The van der Waals surface area contributed by atoms with E-state index in [1.807, 2.05) is 13.0 Å². The molecule has 0 bridgehead atoms. The Balaban J connectivity index is 2.01. The van der Waals surface area contributed by atoms with Crippen molar-refractivity contribution in [1.29, 1.82) is 5.26 Å². The highest BCUT2D eigenvalue weighted by Crippen LogP contribution is 2.20. The molecule has 0 unspecified atom stereocenters. The van der Waals surface area contributed by atoms with Crippen LogP contribution >= 0.6 is 11.6 Å². The minimum absolute atomic E-state index is 0.00306. The molecule has 128 valence electrons. The Morgan fingerprint density at radius 2 is 2.00 bits per heavy atom. The number of methoxy groups -OCH3 is 1. The van der Waals surface area contributed by atoms with Gasteiger partial charge in [0.25, 0.3) is 0 Å². The van der Waals surface area contributed by atoms with Gasteiger partial charge in [0.15, 0.2) is 0 Å². The van der Waals surface area contributed by atoms with E-state index in [2.05, 4.69) is 15.4 Å².